The van der Waals surface area contributed by atoms with E-state index in [0.29, 0.717) is 21.4 Å². The van der Waals surface area contributed by atoms with Crippen molar-refractivity contribution >= 4 is 40.5 Å². The summed E-state index contributed by atoms with van der Waals surface area (Å²) in [5.74, 6) is -1.57. The maximum absolute atomic E-state index is 10.9. The molecule has 0 aliphatic carbocycles. The third-order valence-corrected chi connectivity index (χ3v) is 3.13. The molecule has 7 heteroatoms. The number of aromatic carboxylic acids is 1. The zero-order valence-electron chi connectivity index (χ0n) is 9.92. The Balaban J connectivity index is 2.29. The summed E-state index contributed by atoms with van der Waals surface area (Å²) in [6.07, 6.45) is 0. The lowest BCUT2D eigenvalue weighted by molar-refractivity contribution is 0.0694. The lowest BCUT2D eigenvalue weighted by Gasteiger charge is -2.00. The highest BCUT2D eigenvalue weighted by atomic mass is 35.5. The number of carboxylic acid groups (broad SMARTS) is 1. The van der Waals surface area contributed by atoms with Gasteiger partial charge in [0.05, 0.1) is 21.4 Å². The number of carbonyl (C=O) groups is 1. The number of nitrogens with zero attached hydrogens (tertiary/aromatic N) is 2. The van der Waals surface area contributed by atoms with Gasteiger partial charge in [-0.2, -0.15) is 10.2 Å². The van der Waals surface area contributed by atoms with Gasteiger partial charge in [0.2, 0.25) is 0 Å². The van der Waals surface area contributed by atoms with Gasteiger partial charge in [0.25, 0.3) is 0 Å². The van der Waals surface area contributed by atoms with Crippen LogP contribution in [-0.4, -0.2) is 16.2 Å². The van der Waals surface area contributed by atoms with Crippen molar-refractivity contribution in [2.75, 3.05) is 0 Å². The summed E-state index contributed by atoms with van der Waals surface area (Å²) in [7, 11) is 0. The van der Waals surface area contributed by atoms with Gasteiger partial charge in [-0.3, -0.25) is 0 Å². The molecule has 2 aromatic carbocycles. The van der Waals surface area contributed by atoms with Crippen LogP contribution < -0.4 is 0 Å². The third-order valence-electron chi connectivity index (χ3n) is 2.39. The number of phenols is 1. The van der Waals surface area contributed by atoms with Crippen molar-refractivity contribution in [1.29, 1.82) is 0 Å². The van der Waals surface area contributed by atoms with Gasteiger partial charge in [-0.05, 0) is 36.4 Å². The summed E-state index contributed by atoms with van der Waals surface area (Å²) in [5.41, 5.74) is 0.534. The smallest absolute Gasteiger partial charge is 0.339 e. The van der Waals surface area contributed by atoms with Crippen LogP contribution in [0.4, 0.5) is 11.4 Å². The minimum atomic E-state index is -1.24. The molecule has 0 spiro atoms. The van der Waals surface area contributed by atoms with E-state index in [0.717, 1.165) is 0 Å². The van der Waals surface area contributed by atoms with Crippen LogP contribution in [0.2, 0.25) is 10.0 Å². The Hall–Kier alpha value is -2.11. The number of rotatable bonds is 3. The van der Waals surface area contributed by atoms with Crippen LogP contribution in [-0.2, 0) is 0 Å². The topological polar surface area (TPSA) is 82.2 Å². The maximum Gasteiger partial charge on any atom is 0.339 e. The lowest BCUT2D eigenvalue weighted by Crippen LogP contribution is -1.95. The standard InChI is InChI=1S/C13H8Cl2N2O3/c14-10-3-1-8(6-11(10)15)17-16-7-2-4-12(18)9(5-7)13(19)20/h1-6,18H,(H,19,20). The van der Waals surface area contributed by atoms with E-state index in [1.54, 1.807) is 12.1 Å². The van der Waals surface area contributed by atoms with E-state index in [-0.39, 0.29) is 11.3 Å². The zero-order chi connectivity index (χ0) is 14.7. The number of azo groups is 1. The fourth-order valence-electron chi connectivity index (χ4n) is 1.42. The van der Waals surface area contributed by atoms with Gasteiger partial charge >= 0.3 is 5.97 Å². The van der Waals surface area contributed by atoms with E-state index < -0.39 is 5.97 Å². The van der Waals surface area contributed by atoms with Crippen molar-refractivity contribution in [2.45, 2.75) is 0 Å². The minimum absolute atomic E-state index is 0.240. The summed E-state index contributed by atoms with van der Waals surface area (Å²) in [6, 6.07) is 8.65. The number of aromatic hydroxyl groups is 1. The molecule has 0 unspecified atom stereocenters. The molecule has 0 fully saturated rings. The lowest BCUT2D eigenvalue weighted by atomic mass is 10.2. The van der Waals surface area contributed by atoms with Crippen LogP contribution in [0.3, 0.4) is 0 Å². The molecule has 2 rings (SSSR count). The molecule has 0 heterocycles. The largest absolute Gasteiger partial charge is 0.507 e. The fourth-order valence-corrected chi connectivity index (χ4v) is 1.71. The molecule has 0 amide bonds. The van der Waals surface area contributed by atoms with E-state index in [1.165, 1.54) is 24.3 Å². The van der Waals surface area contributed by atoms with Crippen LogP contribution in [0.15, 0.2) is 46.6 Å². The molecular weight excluding hydrogens is 303 g/mol. The molecule has 0 saturated carbocycles. The van der Waals surface area contributed by atoms with Crippen LogP contribution in [0.25, 0.3) is 0 Å². The van der Waals surface area contributed by atoms with Gasteiger partial charge < -0.3 is 10.2 Å². The molecule has 5 nitrogen and oxygen atoms in total. The number of halogens is 2. The minimum Gasteiger partial charge on any atom is -0.507 e. The average Bonchev–Trinajstić information content (AvgIpc) is 2.41. The van der Waals surface area contributed by atoms with Crippen LogP contribution in [0.1, 0.15) is 10.4 Å². The first kappa shape index (κ1) is 14.3. The molecule has 0 atom stereocenters. The van der Waals surface area contributed by atoms with Gasteiger partial charge in [0.15, 0.2) is 0 Å². The molecule has 102 valence electrons. The van der Waals surface area contributed by atoms with Crippen molar-refractivity contribution in [2.24, 2.45) is 10.2 Å². The molecule has 0 aliphatic rings. The van der Waals surface area contributed by atoms with Crippen molar-refractivity contribution in [3.05, 3.63) is 52.0 Å². The Morgan fingerprint density at radius 1 is 0.950 bits per heavy atom. The molecule has 2 N–H and O–H groups in total. The van der Waals surface area contributed by atoms with Gasteiger partial charge in [-0.15, -0.1) is 0 Å². The molecular formula is C13H8Cl2N2O3. The first-order valence-corrected chi connectivity index (χ1v) is 6.16. The Labute approximate surface area is 124 Å². The second-order valence-corrected chi connectivity index (χ2v) is 4.62. The summed E-state index contributed by atoms with van der Waals surface area (Å²) in [5, 5.41) is 26.8. The van der Waals surface area contributed by atoms with Crippen molar-refractivity contribution in [3.8, 4) is 5.75 Å². The predicted molar refractivity (Wildman–Crippen MR) is 75.7 cm³/mol. The monoisotopic (exact) mass is 310 g/mol. The molecule has 0 radical (unpaired) electrons. The van der Waals surface area contributed by atoms with Gasteiger partial charge in [-0.25, -0.2) is 4.79 Å². The third kappa shape index (κ3) is 3.26. The Bertz CT molecular complexity index is 702. The SMILES string of the molecule is O=C(O)c1cc(N=Nc2ccc(Cl)c(Cl)c2)ccc1O. The molecule has 0 aromatic heterocycles. The summed E-state index contributed by atoms with van der Waals surface area (Å²) < 4.78 is 0. The summed E-state index contributed by atoms with van der Waals surface area (Å²) >= 11 is 11.6. The van der Waals surface area contributed by atoms with Crippen molar-refractivity contribution < 1.29 is 15.0 Å². The van der Waals surface area contributed by atoms with E-state index in [1.807, 2.05) is 0 Å². The normalized spacial score (nSPS) is 10.9. The average molecular weight is 311 g/mol. The van der Waals surface area contributed by atoms with E-state index in [9.17, 15) is 9.90 Å². The first-order valence-electron chi connectivity index (χ1n) is 5.40. The maximum atomic E-state index is 10.9. The van der Waals surface area contributed by atoms with Gasteiger partial charge in [-0.1, -0.05) is 23.2 Å². The highest BCUT2D eigenvalue weighted by molar-refractivity contribution is 6.42. The van der Waals surface area contributed by atoms with E-state index in [2.05, 4.69) is 10.2 Å². The quantitative estimate of drug-likeness (QED) is 0.798. The van der Waals surface area contributed by atoms with Gasteiger partial charge in [0.1, 0.15) is 11.3 Å². The zero-order valence-corrected chi connectivity index (χ0v) is 11.4. The van der Waals surface area contributed by atoms with Crippen LogP contribution >= 0.6 is 23.2 Å². The second kappa shape index (κ2) is 5.90. The number of hydrogen-bond donors (Lipinski definition) is 2. The van der Waals surface area contributed by atoms with Crippen molar-refractivity contribution in [1.82, 2.24) is 0 Å². The molecule has 2 aromatic rings. The molecule has 0 aliphatic heterocycles. The molecule has 0 saturated heterocycles. The summed E-state index contributed by atoms with van der Waals surface area (Å²) in [4.78, 5) is 10.9. The fraction of sp³-hybridized carbons (Fsp3) is 0. The Morgan fingerprint density at radius 2 is 1.55 bits per heavy atom. The Kier molecular flexibility index (Phi) is 4.22. The van der Waals surface area contributed by atoms with E-state index >= 15 is 0 Å². The van der Waals surface area contributed by atoms with Crippen LogP contribution in [0, 0.1) is 0 Å². The summed E-state index contributed by atoms with van der Waals surface area (Å²) in [6.45, 7) is 0. The van der Waals surface area contributed by atoms with E-state index in [4.69, 9.17) is 28.3 Å². The van der Waals surface area contributed by atoms with Crippen LogP contribution in [0.5, 0.6) is 5.75 Å². The highest BCUT2D eigenvalue weighted by Crippen LogP contribution is 2.29. The highest BCUT2D eigenvalue weighted by Gasteiger charge is 2.09. The number of carboxylic acids is 1. The Morgan fingerprint density at radius 3 is 2.15 bits per heavy atom. The first-order chi connectivity index (χ1) is 9.47. The second-order valence-electron chi connectivity index (χ2n) is 3.81. The van der Waals surface area contributed by atoms with Gasteiger partial charge in [0, 0.05) is 0 Å². The number of hydrogen-bond acceptors (Lipinski definition) is 4. The van der Waals surface area contributed by atoms with Crippen molar-refractivity contribution in [3.63, 3.8) is 0 Å². The molecule has 0 bridgehead atoms. The number of benzene rings is 2. The molecule has 20 heavy (non-hydrogen) atoms. The predicted octanol–water partition coefficient (Wildman–Crippen LogP) is 4.81.